The fourth-order valence-electron chi connectivity index (χ4n) is 1.71. The third-order valence-corrected chi connectivity index (χ3v) is 3.51. The summed E-state index contributed by atoms with van der Waals surface area (Å²) in [6.45, 7) is 9.15. The van der Waals surface area contributed by atoms with Gasteiger partial charge in [0.05, 0.1) is 4.92 Å². The first kappa shape index (κ1) is 16.9. The Bertz CT molecular complexity index is 527. The first-order valence-corrected chi connectivity index (χ1v) is 7.11. The Labute approximate surface area is 125 Å². The van der Waals surface area contributed by atoms with Crippen molar-refractivity contribution in [3.05, 3.63) is 33.9 Å². The van der Waals surface area contributed by atoms with Gasteiger partial charge in [0.1, 0.15) is 5.69 Å². The van der Waals surface area contributed by atoms with Gasteiger partial charge in [-0.3, -0.25) is 14.9 Å². The highest BCUT2D eigenvalue weighted by Crippen LogP contribution is 2.25. The van der Waals surface area contributed by atoms with Crippen LogP contribution in [0.3, 0.4) is 0 Å². The molecular formula is C15H23N3O3. The number of carbonyl (C=O) groups excluding carboxylic acids is 1. The van der Waals surface area contributed by atoms with Gasteiger partial charge in [-0.2, -0.15) is 0 Å². The van der Waals surface area contributed by atoms with Gasteiger partial charge in [0, 0.05) is 24.7 Å². The number of carbonyl (C=O) groups is 1. The molecule has 0 unspecified atom stereocenters. The van der Waals surface area contributed by atoms with Gasteiger partial charge < -0.3 is 10.6 Å². The molecule has 0 aliphatic carbocycles. The summed E-state index contributed by atoms with van der Waals surface area (Å²) in [5, 5.41) is 16.8. The summed E-state index contributed by atoms with van der Waals surface area (Å²) in [6.07, 6.45) is 0.937. The minimum absolute atomic E-state index is 0.00526. The molecule has 0 saturated heterocycles. The van der Waals surface area contributed by atoms with E-state index in [4.69, 9.17) is 0 Å². The molecule has 0 saturated carbocycles. The van der Waals surface area contributed by atoms with Gasteiger partial charge in [-0.1, -0.05) is 20.8 Å². The smallest absolute Gasteiger partial charge is 0.293 e. The molecule has 0 spiro atoms. The molecule has 0 bridgehead atoms. The molecule has 21 heavy (non-hydrogen) atoms. The maximum Gasteiger partial charge on any atom is 0.293 e. The number of nitrogens with zero attached hydrogens (tertiary/aromatic N) is 1. The zero-order valence-electron chi connectivity index (χ0n) is 13.0. The van der Waals surface area contributed by atoms with Crippen LogP contribution in [0, 0.1) is 15.5 Å². The van der Waals surface area contributed by atoms with E-state index < -0.39 is 4.92 Å². The number of anilines is 1. The number of amides is 1. The first-order chi connectivity index (χ1) is 9.80. The van der Waals surface area contributed by atoms with E-state index in [2.05, 4.69) is 31.4 Å². The van der Waals surface area contributed by atoms with E-state index in [9.17, 15) is 14.9 Å². The van der Waals surface area contributed by atoms with Crippen LogP contribution in [0.15, 0.2) is 18.2 Å². The Morgan fingerprint density at radius 3 is 2.52 bits per heavy atom. The van der Waals surface area contributed by atoms with E-state index in [0.717, 1.165) is 6.42 Å². The second-order valence-electron chi connectivity index (χ2n) is 5.72. The second-order valence-corrected chi connectivity index (χ2v) is 5.72. The number of benzene rings is 1. The topological polar surface area (TPSA) is 84.3 Å². The molecule has 0 atom stereocenters. The molecule has 0 aliphatic heterocycles. The third kappa shape index (κ3) is 4.73. The highest BCUT2D eigenvalue weighted by atomic mass is 16.6. The summed E-state index contributed by atoms with van der Waals surface area (Å²) in [6, 6.07) is 4.48. The van der Waals surface area contributed by atoms with Gasteiger partial charge in [0.2, 0.25) is 0 Å². The summed E-state index contributed by atoms with van der Waals surface area (Å²) in [4.78, 5) is 22.7. The van der Waals surface area contributed by atoms with E-state index in [1.54, 1.807) is 12.1 Å². The van der Waals surface area contributed by atoms with Gasteiger partial charge in [0.15, 0.2) is 0 Å². The lowest BCUT2D eigenvalue weighted by Gasteiger charge is -2.22. The maximum atomic E-state index is 12.1. The molecule has 0 fully saturated rings. The van der Waals surface area contributed by atoms with Crippen molar-refractivity contribution in [2.75, 3.05) is 18.4 Å². The van der Waals surface area contributed by atoms with E-state index in [1.807, 2.05) is 6.92 Å². The molecule has 1 amide bonds. The lowest BCUT2D eigenvalue weighted by molar-refractivity contribution is -0.384. The predicted octanol–water partition coefficient (Wildman–Crippen LogP) is 3.19. The fraction of sp³-hybridized carbons (Fsp3) is 0.533. The second kappa shape index (κ2) is 7.06. The molecule has 0 heterocycles. The van der Waals surface area contributed by atoms with Crippen molar-refractivity contribution in [3.8, 4) is 0 Å². The Morgan fingerprint density at radius 2 is 2.00 bits per heavy atom. The van der Waals surface area contributed by atoms with Gasteiger partial charge in [-0.05, 0) is 30.9 Å². The van der Waals surface area contributed by atoms with Crippen molar-refractivity contribution in [2.45, 2.75) is 34.1 Å². The summed E-state index contributed by atoms with van der Waals surface area (Å²) >= 11 is 0. The Kier molecular flexibility index (Phi) is 5.69. The van der Waals surface area contributed by atoms with Crippen molar-refractivity contribution in [3.63, 3.8) is 0 Å². The van der Waals surface area contributed by atoms with Crippen LogP contribution in [0.5, 0.6) is 0 Å². The van der Waals surface area contributed by atoms with E-state index >= 15 is 0 Å². The molecule has 1 aromatic carbocycles. The number of nitro groups is 1. The average Bonchev–Trinajstić information content (AvgIpc) is 2.45. The largest absolute Gasteiger partial charge is 0.380 e. The van der Waals surface area contributed by atoms with Gasteiger partial charge >= 0.3 is 0 Å². The quantitative estimate of drug-likeness (QED) is 0.597. The van der Waals surface area contributed by atoms with Crippen LogP contribution < -0.4 is 10.6 Å². The zero-order chi connectivity index (χ0) is 16.0. The SMILES string of the molecule is CCNc1ccc(C(=O)NCC(C)(C)CC)cc1[N+](=O)[O-]. The average molecular weight is 293 g/mol. The van der Waals surface area contributed by atoms with Gasteiger partial charge in [-0.15, -0.1) is 0 Å². The number of rotatable bonds is 7. The molecule has 1 rings (SSSR count). The molecule has 0 aromatic heterocycles. The van der Waals surface area contributed by atoms with Crippen molar-refractivity contribution >= 4 is 17.3 Å². The lowest BCUT2D eigenvalue weighted by atomic mass is 9.90. The summed E-state index contributed by atoms with van der Waals surface area (Å²) in [5.41, 5.74) is 0.646. The molecule has 6 nitrogen and oxygen atoms in total. The van der Waals surface area contributed by atoms with Crippen molar-refractivity contribution in [1.82, 2.24) is 5.32 Å². The number of nitro benzene ring substituents is 1. The normalized spacial score (nSPS) is 11.0. The Morgan fingerprint density at radius 1 is 1.33 bits per heavy atom. The van der Waals surface area contributed by atoms with E-state index in [1.165, 1.54) is 6.07 Å². The van der Waals surface area contributed by atoms with E-state index in [-0.39, 0.29) is 17.0 Å². The summed E-state index contributed by atoms with van der Waals surface area (Å²) < 4.78 is 0. The van der Waals surface area contributed by atoms with Crippen LogP contribution in [0.2, 0.25) is 0 Å². The van der Waals surface area contributed by atoms with E-state index in [0.29, 0.717) is 24.3 Å². The predicted molar refractivity (Wildman–Crippen MR) is 83.7 cm³/mol. The molecule has 6 heteroatoms. The van der Waals surface area contributed by atoms with Crippen LogP contribution in [-0.4, -0.2) is 23.9 Å². The summed E-state index contributed by atoms with van der Waals surface area (Å²) in [7, 11) is 0. The molecular weight excluding hydrogens is 270 g/mol. The highest BCUT2D eigenvalue weighted by Gasteiger charge is 2.20. The fourth-order valence-corrected chi connectivity index (χ4v) is 1.71. The third-order valence-electron chi connectivity index (χ3n) is 3.51. The number of hydrogen-bond donors (Lipinski definition) is 2. The first-order valence-electron chi connectivity index (χ1n) is 7.11. The van der Waals surface area contributed by atoms with Gasteiger partial charge in [0.25, 0.3) is 11.6 Å². The van der Waals surface area contributed by atoms with Crippen LogP contribution >= 0.6 is 0 Å². The lowest BCUT2D eigenvalue weighted by Crippen LogP contribution is -2.33. The van der Waals surface area contributed by atoms with Crippen molar-refractivity contribution in [1.29, 1.82) is 0 Å². The molecule has 116 valence electrons. The van der Waals surface area contributed by atoms with Crippen molar-refractivity contribution < 1.29 is 9.72 Å². The van der Waals surface area contributed by atoms with Crippen LogP contribution in [0.1, 0.15) is 44.5 Å². The minimum Gasteiger partial charge on any atom is -0.380 e. The van der Waals surface area contributed by atoms with Crippen LogP contribution in [-0.2, 0) is 0 Å². The monoisotopic (exact) mass is 293 g/mol. The summed E-state index contributed by atoms with van der Waals surface area (Å²) in [5.74, 6) is -0.289. The minimum atomic E-state index is -0.481. The van der Waals surface area contributed by atoms with Crippen LogP contribution in [0.25, 0.3) is 0 Å². The van der Waals surface area contributed by atoms with Crippen molar-refractivity contribution in [2.24, 2.45) is 5.41 Å². The maximum absolute atomic E-state index is 12.1. The highest BCUT2D eigenvalue weighted by molar-refractivity contribution is 5.95. The molecule has 2 N–H and O–H groups in total. The Balaban J connectivity index is 2.91. The zero-order valence-corrected chi connectivity index (χ0v) is 13.0. The number of nitrogens with one attached hydrogen (secondary N) is 2. The standard InChI is InChI=1S/C15H23N3O3/c1-5-15(3,4)10-17-14(19)11-7-8-12(16-6-2)13(9-11)18(20)21/h7-9,16H,5-6,10H2,1-4H3,(H,17,19). The Hall–Kier alpha value is -2.11. The molecule has 0 aliphatic rings. The number of hydrogen-bond acceptors (Lipinski definition) is 4. The molecule has 0 radical (unpaired) electrons. The molecule has 1 aromatic rings. The van der Waals surface area contributed by atoms with Crippen LogP contribution in [0.4, 0.5) is 11.4 Å². The van der Waals surface area contributed by atoms with Gasteiger partial charge in [-0.25, -0.2) is 0 Å².